The number of aliphatic carboxylic acids is 1. The van der Waals surface area contributed by atoms with Crippen LogP contribution in [0.5, 0.6) is 5.75 Å². The zero-order valence-electron chi connectivity index (χ0n) is 17.9. The maximum Gasteiger partial charge on any atom is 0.333 e. The number of carbonyl (C=O) groups is 1. The number of ether oxygens (including phenoxy) is 2. The number of oxazole rings is 1. The van der Waals surface area contributed by atoms with Crippen LogP contribution in [-0.2, 0) is 22.4 Å². The Kier molecular flexibility index (Phi) is 6.71. The smallest absolute Gasteiger partial charge is 0.333 e. The standard InChI is InChI=1S/C24H21F2NO5S/c1-13-19(27-23(32-13)15-9-16(25)12-17(26)10-15)5-7-31-20-4-3-14(11-21(30-2)24(28)29)22-18(20)6-8-33-22/h3-4,6,8-10,12,21H,5,7,11H2,1-2H3,(H,28,29). The molecule has 2 aromatic heterocycles. The molecule has 0 aliphatic heterocycles. The molecule has 0 aliphatic carbocycles. The molecule has 33 heavy (non-hydrogen) atoms. The Balaban J connectivity index is 1.47. The Morgan fingerprint density at radius 1 is 1.21 bits per heavy atom. The molecule has 1 N–H and O–H groups in total. The van der Waals surface area contributed by atoms with Crippen LogP contribution in [0.15, 0.2) is 46.2 Å². The Labute approximate surface area is 192 Å². The summed E-state index contributed by atoms with van der Waals surface area (Å²) in [6.07, 6.45) is -0.228. The number of nitrogens with zero attached hydrogens (tertiary/aromatic N) is 1. The molecule has 2 aromatic carbocycles. The van der Waals surface area contributed by atoms with Crippen LogP contribution in [0.3, 0.4) is 0 Å². The molecule has 6 nitrogen and oxygen atoms in total. The number of aryl methyl sites for hydroxylation is 1. The van der Waals surface area contributed by atoms with Gasteiger partial charge in [-0.05, 0) is 42.1 Å². The fourth-order valence-corrected chi connectivity index (χ4v) is 4.51. The number of fused-ring (bicyclic) bond motifs is 1. The number of benzene rings is 2. The quantitative estimate of drug-likeness (QED) is 0.350. The van der Waals surface area contributed by atoms with Gasteiger partial charge in [0.2, 0.25) is 5.89 Å². The van der Waals surface area contributed by atoms with Crippen LogP contribution in [0, 0.1) is 18.6 Å². The molecule has 172 valence electrons. The van der Waals surface area contributed by atoms with Crippen molar-refractivity contribution in [1.82, 2.24) is 4.98 Å². The molecule has 4 aromatic rings. The average Bonchev–Trinajstić information content (AvgIpc) is 3.39. The van der Waals surface area contributed by atoms with E-state index in [-0.39, 0.29) is 17.9 Å². The fourth-order valence-electron chi connectivity index (χ4n) is 3.57. The third kappa shape index (κ3) is 5.04. The summed E-state index contributed by atoms with van der Waals surface area (Å²) in [5.74, 6) is -1.04. The van der Waals surface area contributed by atoms with E-state index in [0.717, 1.165) is 21.7 Å². The predicted octanol–water partition coefficient (Wildman–Crippen LogP) is 5.41. The first-order chi connectivity index (χ1) is 15.9. The van der Waals surface area contributed by atoms with Crippen molar-refractivity contribution in [3.05, 3.63) is 70.4 Å². The van der Waals surface area contributed by atoms with Gasteiger partial charge >= 0.3 is 5.97 Å². The van der Waals surface area contributed by atoms with Crippen LogP contribution in [0.25, 0.3) is 21.5 Å². The van der Waals surface area contributed by atoms with Crippen molar-refractivity contribution in [2.75, 3.05) is 13.7 Å². The highest BCUT2D eigenvalue weighted by atomic mass is 32.1. The summed E-state index contributed by atoms with van der Waals surface area (Å²) in [6.45, 7) is 2.05. The Morgan fingerprint density at radius 3 is 2.67 bits per heavy atom. The second-order valence-electron chi connectivity index (χ2n) is 7.43. The molecule has 4 rings (SSSR count). The molecule has 0 radical (unpaired) electrons. The number of aromatic nitrogens is 1. The van der Waals surface area contributed by atoms with E-state index < -0.39 is 23.7 Å². The second kappa shape index (κ2) is 9.68. The van der Waals surface area contributed by atoms with Crippen molar-refractivity contribution in [3.8, 4) is 17.2 Å². The first-order valence-electron chi connectivity index (χ1n) is 10.2. The largest absolute Gasteiger partial charge is 0.493 e. The molecular weight excluding hydrogens is 452 g/mol. The van der Waals surface area contributed by atoms with E-state index in [9.17, 15) is 18.7 Å². The molecule has 0 spiro atoms. The number of carboxylic acids is 1. The predicted molar refractivity (Wildman–Crippen MR) is 120 cm³/mol. The number of halogens is 2. The lowest BCUT2D eigenvalue weighted by molar-refractivity contribution is -0.148. The molecular formula is C24H21F2NO5S. The Bertz CT molecular complexity index is 1280. The highest BCUT2D eigenvalue weighted by Gasteiger charge is 2.20. The average molecular weight is 473 g/mol. The van der Waals surface area contributed by atoms with E-state index in [1.807, 2.05) is 23.6 Å². The fraction of sp³-hybridized carbons (Fsp3) is 0.250. The first-order valence-corrected chi connectivity index (χ1v) is 11.0. The first kappa shape index (κ1) is 22.9. The number of hydrogen-bond donors (Lipinski definition) is 1. The van der Waals surface area contributed by atoms with E-state index in [4.69, 9.17) is 13.9 Å². The molecule has 2 heterocycles. The summed E-state index contributed by atoms with van der Waals surface area (Å²) in [5, 5.41) is 12.1. The minimum absolute atomic E-state index is 0.150. The van der Waals surface area contributed by atoms with Gasteiger partial charge in [0.25, 0.3) is 0 Å². The lowest BCUT2D eigenvalue weighted by Crippen LogP contribution is -2.24. The van der Waals surface area contributed by atoms with Gasteiger partial charge in [0, 0.05) is 41.7 Å². The third-order valence-corrected chi connectivity index (χ3v) is 6.21. The van der Waals surface area contributed by atoms with Crippen molar-refractivity contribution in [2.24, 2.45) is 0 Å². The van der Waals surface area contributed by atoms with Gasteiger partial charge in [-0.1, -0.05) is 6.07 Å². The van der Waals surface area contributed by atoms with Crippen LogP contribution < -0.4 is 4.74 Å². The van der Waals surface area contributed by atoms with Crippen molar-refractivity contribution in [3.63, 3.8) is 0 Å². The Hall–Kier alpha value is -3.30. The summed E-state index contributed by atoms with van der Waals surface area (Å²) < 4.78 is 44.6. The normalized spacial score (nSPS) is 12.2. The van der Waals surface area contributed by atoms with Crippen molar-refractivity contribution in [2.45, 2.75) is 25.9 Å². The summed E-state index contributed by atoms with van der Waals surface area (Å²) in [4.78, 5) is 15.7. The number of thiophene rings is 1. The number of rotatable bonds is 9. The van der Waals surface area contributed by atoms with Crippen LogP contribution in [0.1, 0.15) is 17.0 Å². The third-order valence-electron chi connectivity index (χ3n) is 5.22. The molecule has 0 aliphatic rings. The van der Waals surface area contributed by atoms with Crippen LogP contribution in [-0.4, -0.2) is 35.9 Å². The van der Waals surface area contributed by atoms with E-state index >= 15 is 0 Å². The van der Waals surface area contributed by atoms with Gasteiger partial charge < -0.3 is 19.0 Å². The monoisotopic (exact) mass is 473 g/mol. The van der Waals surface area contributed by atoms with E-state index in [2.05, 4.69) is 4.98 Å². The van der Waals surface area contributed by atoms with Gasteiger partial charge in [0.05, 0.1) is 12.3 Å². The molecule has 1 unspecified atom stereocenters. The van der Waals surface area contributed by atoms with Gasteiger partial charge in [-0.15, -0.1) is 11.3 Å². The molecule has 1 atom stereocenters. The van der Waals surface area contributed by atoms with Gasteiger partial charge in [-0.2, -0.15) is 0 Å². The minimum Gasteiger partial charge on any atom is -0.493 e. The number of hydrogen-bond acceptors (Lipinski definition) is 6. The summed E-state index contributed by atoms with van der Waals surface area (Å²) in [6, 6.07) is 8.72. The molecule has 0 amide bonds. The molecule has 0 saturated heterocycles. The van der Waals surface area contributed by atoms with Crippen molar-refractivity contribution in [1.29, 1.82) is 0 Å². The van der Waals surface area contributed by atoms with Crippen LogP contribution >= 0.6 is 11.3 Å². The van der Waals surface area contributed by atoms with Gasteiger partial charge in [-0.3, -0.25) is 0 Å². The lowest BCUT2D eigenvalue weighted by atomic mass is 10.1. The molecule has 0 bridgehead atoms. The van der Waals surface area contributed by atoms with Crippen LogP contribution in [0.4, 0.5) is 8.78 Å². The minimum atomic E-state index is -1.01. The number of carboxylic acid groups (broad SMARTS) is 1. The summed E-state index contributed by atoms with van der Waals surface area (Å²) in [7, 11) is 1.38. The van der Waals surface area contributed by atoms with E-state index in [0.29, 0.717) is 30.2 Å². The van der Waals surface area contributed by atoms with E-state index in [1.54, 1.807) is 6.92 Å². The van der Waals surface area contributed by atoms with E-state index in [1.165, 1.54) is 30.6 Å². The molecule has 0 saturated carbocycles. The van der Waals surface area contributed by atoms with Gasteiger partial charge in [0.1, 0.15) is 23.1 Å². The summed E-state index contributed by atoms with van der Waals surface area (Å²) in [5.41, 5.74) is 1.74. The lowest BCUT2D eigenvalue weighted by Gasteiger charge is -2.13. The highest BCUT2D eigenvalue weighted by Crippen LogP contribution is 2.34. The highest BCUT2D eigenvalue weighted by molar-refractivity contribution is 7.17. The van der Waals surface area contributed by atoms with Gasteiger partial charge in [-0.25, -0.2) is 18.6 Å². The zero-order valence-corrected chi connectivity index (χ0v) is 18.7. The molecule has 9 heteroatoms. The maximum atomic E-state index is 13.5. The summed E-state index contributed by atoms with van der Waals surface area (Å²) >= 11 is 1.51. The second-order valence-corrected chi connectivity index (χ2v) is 8.35. The number of methoxy groups -OCH3 is 1. The van der Waals surface area contributed by atoms with Crippen LogP contribution in [0.2, 0.25) is 0 Å². The Morgan fingerprint density at radius 2 is 1.97 bits per heavy atom. The van der Waals surface area contributed by atoms with Crippen molar-refractivity contribution < 1.29 is 32.6 Å². The molecule has 0 fully saturated rings. The zero-order chi connectivity index (χ0) is 23.5. The van der Waals surface area contributed by atoms with Gasteiger partial charge in [0.15, 0.2) is 6.10 Å². The SMILES string of the molecule is COC(Cc1ccc(OCCc2nc(-c3cc(F)cc(F)c3)oc2C)c2ccsc12)C(=O)O. The van der Waals surface area contributed by atoms with Crippen molar-refractivity contribution >= 4 is 27.4 Å². The topological polar surface area (TPSA) is 81.8 Å². The maximum absolute atomic E-state index is 13.5.